The van der Waals surface area contributed by atoms with Gasteiger partial charge in [0.25, 0.3) is 5.91 Å². The molecule has 0 aliphatic carbocycles. The summed E-state index contributed by atoms with van der Waals surface area (Å²) in [6.45, 7) is 0. The number of primary sulfonamides is 1. The lowest BCUT2D eigenvalue weighted by atomic mass is 10.2. The Hall–Kier alpha value is -2.46. The smallest absolute Gasteiger partial charge is 0.322 e. The normalized spacial score (nSPS) is 18.0. The Morgan fingerprint density at radius 3 is 2.33 bits per heavy atom. The van der Waals surface area contributed by atoms with Crippen LogP contribution in [-0.4, -0.2) is 32.3 Å². The van der Waals surface area contributed by atoms with E-state index in [2.05, 4.69) is 10.6 Å². The maximum Gasteiger partial charge on any atom is 0.322 e. The molecule has 5 N–H and O–H groups in total. The molecule has 1 saturated heterocycles. The number of imide groups is 1. The van der Waals surface area contributed by atoms with Crippen LogP contribution < -0.4 is 21.1 Å². The van der Waals surface area contributed by atoms with Gasteiger partial charge in [-0.05, 0) is 24.3 Å². The number of rotatable bonds is 4. The third-order valence-electron chi connectivity index (χ3n) is 2.71. The molecule has 0 spiro atoms. The summed E-state index contributed by atoms with van der Waals surface area (Å²) >= 11 is 0. The zero-order chi connectivity index (χ0) is 15.6. The summed E-state index contributed by atoms with van der Waals surface area (Å²) in [4.78, 5) is 33.8. The summed E-state index contributed by atoms with van der Waals surface area (Å²) in [6.07, 6.45) is -0.228. The summed E-state index contributed by atoms with van der Waals surface area (Å²) in [5.41, 5.74) is 0.345. The molecule has 1 heterocycles. The molecule has 1 aliphatic rings. The summed E-state index contributed by atoms with van der Waals surface area (Å²) in [5.74, 6) is -1.07. The Balaban J connectivity index is 1.97. The SMILES string of the molecule is NS(=O)(=O)c1ccc(NC(=O)CC2NC(=O)NC2=O)cc1. The summed E-state index contributed by atoms with van der Waals surface area (Å²) in [5, 5.41) is 11.7. The van der Waals surface area contributed by atoms with E-state index in [4.69, 9.17) is 5.14 Å². The van der Waals surface area contributed by atoms with Crippen LogP contribution in [0.4, 0.5) is 10.5 Å². The van der Waals surface area contributed by atoms with Crippen molar-refractivity contribution in [3.8, 4) is 0 Å². The number of hydrogen-bond acceptors (Lipinski definition) is 5. The zero-order valence-corrected chi connectivity index (χ0v) is 11.4. The lowest BCUT2D eigenvalue weighted by molar-refractivity contribution is -0.124. The van der Waals surface area contributed by atoms with Crippen molar-refractivity contribution >= 4 is 33.6 Å². The van der Waals surface area contributed by atoms with E-state index in [9.17, 15) is 22.8 Å². The van der Waals surface area contributed by atoms with Crippen LogP contribution in [0.15, 0.2) is 29.2 Å². The fourth-order valence-corrected chi connectivity index (χ4v) is 2.24. The molecule has 112 valence electrons. The second-order valence-corrected chi connectivity index (χ2v) is 5.90. The van der Waals surface area contributed by atoms with Gasteiger partial charge in [-0.2, -0.15) is 0 Å². The van der Waals surface area contributed by atoms with E-state index in [1.54, 1.807) is 0 Å². The summed E-state index contributed by atoms with van der Waals surface area (Å²) in [6, 6.07) is 3.66. The van der Waals surface area contributed by atoms with Crippen LogP contribution in [0.25, 0.3) is 0 Å². The molecular formula is C11H12N4O5S. The van der Waals surface area contributed by atoms with Gasteiger partial charge in [-0.3, -0.25) is 14.9 Å². The molecular weight excluding hydrogens is 300 g/mol. The number of anilines is 1. The highest BCUT2D eigenvalue weighted by Crippen LogP contribution is 2.13. The van der Waals surface area contributed by atoms with E-state index in [0.717, 1.165) is 0 Å². The van der Waals surface area contributed by atoms with Gasteiger partial charge in [0.15, 0.2) is 0 Å². The standard InChI is InChI=1S/C11H12N4O5S/c12-21(19,20)7-3-1-6(2-4-7)13-9(16)5-8-10(17)15-11(18)14-8/h1-4,8H,5H2,(H,13,16)(H2,12,19,20)(H2,14,15,17,18). The molecule has 1 fully saturated rings. The molecule has 1 aromatic rings. The van der Waals surface area contributed by atoms with Gasteiger partial charge in [0, 0.05) is 5.69 Å². The van der Waals surface area contributed by atoms with Crippen LogP contribution in [0.1, 0.15) is 6.42 Å². The largest absolute Gasteiger partial charge is 0.326 e. The topological polar surface area (TPSA) is 147 Å². The van der Waals surface area contributed by atoms with Crippen LogP contribution in [0.2, 0.25) is 0 Å². The second-order valence-electron chi connectivity index (χ2n) is 4.34. The molecule has 9 nitrogen and oxygen atoms in total. The number of nitrogens with two attached hydrogens (primary N) is 1. The fourth-order valence-electron chi connectivity index (χ4n) is 1.73. The molecule has 1 unspecified atom stereocenters. The number of nitrogens with one attached hydrogen (secondary N) is 3. The van der Waals surface area contributed by atoms with Crippen molar-refractivity contribution in [1.29, 1.82) is 0 Å². The molecule has 2 rings (SSSR count). The van der Waals surface area contributed by atoms with E-state index < -0.39 is 33.9 Å². The summed E-state index contributed by atoms with van der Waals surface area (Å²) in [7, 11) is -3.79. The van der Waals surface area contributed by atoms with E-state index in [-0.39, 0.29) is 11.3 Å². The number of benzene rings is 1. The molecule has 10 heteroatoms. The highest BCUT2D eigenvalue weighted by molar-refractivity contribution is 7.89. The lowest BCUT2D eigenvalue weighted by Crippen LogP contribution is -2.33. The number of carbonyl (C=O) groups is 3. The Morgan fingerprint density at radius 2 is 1.86 bits per heavy atom. The van der Waals surface area contributed by atoms with Crippen LogP contribution in [-0.2, 0) is 19.6 Å². The Morgan fingerprint density at radius 1 is 1.24 bits per heavy atom. The van der Waals surface area contributed by atoms with Gasteiger partial charge >= 0.3 is 6.03 Å². The Bertz CT molecular complexity index is 698. The van der Waals surface area contributed by atoms with Crippen molar-refractivity contribution in [2.75, 3.05) is 5.32 Å². The third kappa shape index (κ3) is 3.77. The minimum Gasteiger partial charge on any atom is -0.326 e. The molecule has 21 heavy (non-hydrogen) atoms. The first-order chi connectivity index (χ1) is 9.75. The van der Waals surface area contributed by atoms with Gasteiger partial charge in [-0.1, -0.05) is 0 Å². The molecule has 0 radical (unpaired) electrons. The van der Waals surface area contributed by atoms with Gasteiger partial charge in [0.05, 0.1) is 11.3 Å². The monoisotopic (exact) mass is 312 g/mol. The van der Waals surface area contributed by atoms with Gasteiger partial charge in [-0.25, -0.2) is 18.4 Å². The Labute approximate surface area is 119 Å². The number of urea groups is 1. The highest BCUT2D eigenvalue weighted by Gasteiger charge is 2.31. The van der Waals surface area contributed by atoms with Crippen LogP contribution in [0, 0.1) is 0 Å². The van der Waals surface area contributed by atoms with E-state index >= 15 is 0 Å². The molecule has 0 aromatic heterocycles. The van der Waals surface area contributed by atoms with E-state index in [1.807, 2.05) is 5.32 Å². The number of hydrogen-bond donors (Lipinski definition) is 4. The zero-order valence-electron chi connectivity index (χ0n) is 10.6. The van der Waals surface area contributed by atoms with E-state index in [0.29, 0.717) is 5.69 Å². The first kappa shape index (κ1) is 14.9. The fraction of sp³-hybridized carbons (Fsp3) is 0.182. The molecule has 4 amide bonds. The lowest BCUT2D eigenvalue weighted by Gasteiger charge is -2.08. The maximum absolute atomic E-state index is 11.7. The first-order valence-corrected chi connectivity index (χ1v) is 7.34. The number of amides is 4. The van der Waals surface area contributed by atoms with Gasteiger partial charge < -0.3 is 10.6 Å². The highest BCUT2D eigenvalue weighted by atomic mass is 32.2. The van der Waals surface area contributed by atoms with E-state index in [1.165, 1.54) is 24.3 Å². The quantitative estimate of drug-likeness (QED) is 0.519. The van der Waals surface area contributed by atoms with Crippen LogP contribution in [0.3, 0.4) is 0 Å². The molecule has 1 aromatic carbocycles. The second kappa shape index (κ2) is 5.50. The molecule has 0 saturated carbocycles. The predicted octanol–water partition coefficient (Wildman–Crippen LogP) is -1.13. The van der Waals surface area contributed by atoms with Crippen LogP contribution in [0.5, 0.6) is 0 Å². The van der Waals surface area contributed by atoms with Gasteiger partial charge in [-0.15, -0.1) is 0 Å². The van der Waals surface area contributed by atoms with Gasteiger partial charge in [0.1, 0.15) is 6.04 Å². The Kier molecular flexibility index (Phi) is 3.91. The van der Waals surface area contributed by atoms with Crippen molar-refractivity contribution < 1.29 is 22.8 Å². The molecule has 0 bridgehead atoms. The van der Waals surface area contributed by atoms with Crippen molar-refractivity contribution in [2.45, 2.75) is 17.4 Å². The van der Waals surface area contributed by atoms with Crippen LogP contribution >= 0.6 is 0 Å². The maximum atomic E-state index is 11.7. The average Bonchev–Trinajstić information content (AvgIpc) is 2.67. The average molecular weight is 312 g/mol. The van der Waals surface area contributed by atoms with Crippen molar-refractivity contribution in [2.24, 2.45) is 5.14 Å². The summed E-state index contributed by atoms with van der Waals surface area (Å²) < 4.78 is 22.1. The van der Waals surface area contributed by atoms with Crippen molar-refractivity contribution in [3.63, 3.8) is 0 Å². The van der Waals surface area contributed by atoms with Crippen molar-refractivity contribution in [1.82, 2.24) is 10.6 Å². The predicted molar refractivity (Wildman–Crippen MR) is 71.5 cm³/mol. The third-order valence-corrected chi connectivity index (χ3v) is 3.64. The first-order valence-electron chi connectivity index (χ1n) is 5.80. The molecule has 1 atom stereocenters. The van der Waals surface area contributed by atoms with Gasteiger partial charge in [0.2, 0.25) is 15.9 Å². The number of sulfonamides is 1. The molecule has 1 aliphatic heterocycles. The van der Waals surface area contributed by atoms with Crippen molar-refractivity contribution in [3.05, 3.63) is 24.3 Å². The minimum atomic E-state index is -3.79. The number of carbonyl (C=O) groups excluding carboxylic acids is 3. The minimum absolute atomic E-state index is 0.0806.